The summed E-state index contributed by atoms with van der Waals surface area (Å²) in [5.41, 5.74) is 6.06. The topological polar surface area (TPSA) is 24.4 Å². The molecule has 1 unspecified atom stereocenters. The monoisotopic (exact) mass is 304 g/mol. The predicted octanol–water partition coefficient (Wildman–Crippen LogP) is 3.58. The Labute approximate surface area is 99.4 Å². The maximum absolute atomic E-state index is 4.36. The van der Waals surface area contributed by atoms with Gasteiger partial charge in [-0.15, -0.1) is 0 Å². The first kappa shape index (κ1) is 10.5. The van der Waals surface area contributed by atoms with E-state index >= 15 is 0 Å². The van der Waals surface area contributed by atoms with E-state index in [-0.39, 0.29) is 0 Å². The Morgan fingerprint density at radius 3 is 2.93 bits per heavy atom. The minimum absolute atomic E-state index is 0.636. The van der Waals surface area contributed by atoms with Crippen LogP contribution in [-0.4, -0.2) is 3.72 Å². The van der Waals surface area contributed by atoms with Gasteiger partial charge in [0.2, 0.25) is 0 Å². The number of fused-ring (bicyclic) bond motifs is 1. The Morgan fingerprint density at radius 2 is 2.07 bits per heavy atom. The summed E-state index contributed by atoms with van der Waals surface area (Å²) < 4.78 is 1.25. The summed E-state index contributed by atoms with van der Waals surface area (Å²) in [4.78, 5) is 0. The molecule has 1 aliphatic carbocycles. The molecule has 1 fully saturated rings. The van der Waals surface area contributed by atoms with Crippen LogP contribution in [0.25, 0.3) is 0 Å². The van der Waals surface area contributed by atoms with Crippen LogP contribution in [0.2, 0.25) is 0 Å². The molecule has 0 bridgehead atoms. The molecule has 2 aliphatic rings. The van der Waals surface area contributed by atoms with Crippen LogP contribution in [-0.2, 0) is 0 Å². The molecular weight excluding hydrogens is 287 g/mol. The van der Waals surface area contributed by atoms with Crippen LogP contribution in [0.5, 0.6) is 0 Å². The summed E-state index contributed by atoms with van der Waals surface area (Å²) in [6.07, 6.45) is 8.09. The normalized spacial score (nSPS) is 28.4. The highest BCUT2D eigenvalue weighted by Gasteiger charge is 2.24. The predicted molar refractivity (Wildman–Crippen MR) is 68.5 cm³/mol. The van der Waals surface area contributed by atoms with Gasteiger partial charge in [0.1, 0.15) is 3.72 Å². The summed E-state index contributed by atoms with van der Waals surface area (Å²) in [5, 5.41) is 4.36. The maximum atomic E-state index is 4.36. The summed E-state index contributed by atoms with van der Waals surface area (Å²) in [6.45, 7) is 2.16. The zero-order valence-corrected chi connectivity index (χ0v) is 10.8. The van der Waals surface area contributed by atoms with Gasteiger partial charge in [-0.05, 0) is 54.4 Å². The van der Waals surface area contributed by atoms with Crippen LogP contribution >= 0.6 is 22.6 Å². The highest BCUT2D eigenvalue weighted by Crippen LogP contribution is 2.33. The van der Waals surface area contributed by atoms with E-state index in [9.17, 15) is 0 Å². The maximum Gasteiger partial charge on any atom is 0.106 e. The van der Waals surface area contributed by atoms with E-state index in [2.05, 4.69) is 40.0 Å². The molecule has 0 amide bonds. The standard InChI is InChI=1S/C11H17IN2/c1-8-9-6-4-2-3-5-7-10(9)11(12)14-13-8/h10,13H,2-7H2,1H3. The van der Waals surface area contributed by atoms with Gasteiger partial charge in [0, 0.05) is 11.6 Å². The molecule has 1 aliphatic heterocycles. The molecule has 2 nitrogen and oxygen atoms in total. The first-order valence-corrected chi connectivity index (χ1v) is 6.55. The Hall–Kier alpha value is -0.0600. The van der Waals surface area contributed by atoms with Crippen molar-refractivity contribution in [3.05, 3.63) is 11.3 Å². The number of hydrazone groups is 1. The van der Waals surface area contributed by atoms with Gasteiger partial charge in [-0.1, -0.05) is 19.3 Å². The van der Waals surface area contributed by atoms with Crippen molar-refractivity contribution in [2.75, 3.05) is 0 Å². The van der Waals surface area contributed by atoms with Crippen molar-refractivity contribution in [3.63, 3.8) is 0 Å². The molecule has 0 spiro atoms. The lowest BCUT2D eigenvalue weighted by Gasteiger charge is -2.27. The first-order valence-electron chi connectivity index (χ1n) is 5.48. The van der Waals surface area contributed by atoms with Gasteiger partial charge >= 0.3 is 0 Å². The number of nitrogens with zero attached hydrogens (tertiary/aromatic N) is 1. The van der Waals surface area contributed by atoms with Gasteiger partial charge in [0.25, 0.3) is 0 Å². The van der Waals surface area contributed by atoms with Gasteiger partial charge in [-0.2, -0.15) is 5.10 Å². The number of nitrogens with one attached hydrogen (secondary N) is 1. The SMILES string of the molecule is CC1=C2CCCCCCC2C(I)=NN1. The van der Waals surface area contributed by atoms with Crippen LogP contribution in [0, 0.1) is 5.92 Å². The lowest BCUT2D eigenvalue weighted by Crippen LogP contribution is -2.25. The van der Waals surface area contributed by atoms with Crippen molar-refractivity contribution in [2.24, 2.45) is 11.0 Å². The summed E-state index contributed by atoms with van der Waals surface area (Å²) >= 11 is 2.38. The molecule has 14 heavy (non-hydrogen) atoms. The molecule has 1 saturated carbocycles. The average molecular weight is 304 g/mol. The van der Waals surface area contributed by atoms with Crippen LogP contribution in [0.3, 0.4) is 0 Å². The van der Waals surface area contributed by atoms with Gasteiger partial charge in [-0.25, -0.2) is 0 Å². The van der Waals surface area contributed by atoms with Crippen molar-refractivity contribution < 1.29 is 0 Å². The van der Waals surface area contributed by atoms with E-state index in [0.717, 1.165) is 0 Å². The third kappa shape index (κ3) is 2.12. The number of hydrogen-bond donors (Lipinski definition) is 1. The Bertz CT molecular complexity index is 281. The van der Waals surface area contributed by atoms with E-state index in [1.165, 1.54) is 47.9 Å². The zero-order chi connectivity index (χ0) is 9.97. The van der Waals surface area contributed by atoms with Crippen LogP contribution in [0.15, 0.2) is 16.4 Å². The Morgan fingerprint density at radius 1 is 1.29 bits per heavy atom. The number of hydrogen-bond acceptors (Lipinski definition) is 2. The molecule has 0 aromatic heterocycles. The van der Waals surface area contributed by atoms with Crippen molar-refractivity contribution in [1.29, 1.82) is 0 Å². The fourth-order valence-electron chi connectivity index (χ4n) is 2.36. The van der Waals surface area contributed by atoms with E-state index in [0.29, 0.717) is 5.92 Å². The lowest BCUT2D eigenvalue weighted by atomic mass is 9.86. The van der Waals surface area contributed by atoms with Gasteiger partial charge in [0.05, 0.1) is 0 Å². The smallest absolute Gasteiger partial charge is 0.106 e. The number of allylic oxidation sites excluding steroid dienone is 2. The van der Waals surface area contributed by atoms with Crippen LogP contribution in [0.1, 0.15) is 45.4 Å². The number of rotatable bonds is 0. The molecule has 0 radical (unpaired) electrons. The van der Waals surface area contributed by atoms with Crippen LogP contribution < -0.4 is 5.43 Å². The molecule has 0 aromatic rings. The molecule has 78 valence electrons. The van der Waals surface area contributed by atoms with Gasteiger partial charge in [0.15, 0.2) is 0 Å². The highest BCUT2D eigenvalue weighted by atomic mass is 127. The lowest BCUT2D eigenvalue weighted by molar-refractivity contribution is 0.515. The largest absolute Gasteiger partial charge is 0.282 e. The third-order valence-electron chi connectivity index (χ3n) is 3.21. The molecule has 0 aromatic carbocycles. The molecule has 3 heteroatoms. The van der Waals surface area contributed by atoms with Crippen LogP contribution in [0.4, 0.5) is 0 Å². The zero-order valence-electron chi connectivity index (χ0n) is 8.65. The van der Waals surface area contributed by atoms with Gasteiger partial charge in [-0.3, -0.25) is 5.43 Å². The van der Waals surface area contributed by atoms with E-state index in [1.807, 2.05) is 0 Å². The Kier molecular flexibility index (Phi) is 3.47. The second-order valence-electron chi connectivity index (χ2n) is 4.20. The molecule has 2 rings (SSSR count). The van der Waals surface area contributed by atoms with Crippen molar-refractivity contribution in [1.82, 2.24) is 5.43 Å². The third-order valence-corrected chi connectivity index (χ3v) is 4.20. The molecule has 1 heterocycles. The fraction of sp³-hybridized carbons (Fsp3) is 0.727. The average Bonchev–Trinajstić information content (AvgIpc) is 2.11. The van der Waals surface area contributed by atoms with Crippen molar-refractivity contribution >= 4 is 26.3 Å². The molecular formula is C11H17IN2. The second kappa shape index (κ2) is 4.64. The molecule has 1 atom stereocenters. The minimum atomic E-state index is 0.636. The number of halogens is 1. The van der Waals surface area contributed by atoms with E-state index in [1.54, 1.807) is 5.57 Å². The first-order chi connectivity index (χ1) is 6.79. The Balaban J connectivity index is 2.20. The summed E-state index contributed by atoms with van der Waals surface area (Å²) in [7, 11) is 0. The van der Waals surface area contributed by atoms with Crippen molar-refractivity contribution in [3.8, 4) is 0 Å². The van der Waals surface area contributed by atoms with Crippen molar-refractivity contribution in [2.45, 2.75) is 45.4 Å². The van der Waals surface area contributed by atoms with E-state index < -0.39 is 0 Å². The van der Waals surface area contributed by atoms with Gasteiger partial charge < -0.3 is 0 Å². The highest BCUT2D eigenvalue weighted by molar-refractivity contribution is 14.1. The molecule has 1 N–H and O–H groups in total. The fourth-order valence-corrected chi connectivity index (χ4v) is 3.17. The minimum Gasteiger partial charge on any atom is -0.282 e. The summed E-state index contributed by atoms with van der Waals surface area (Å²) in [5.74, 6) is 0.636. The molecule has 0 saturated heterocycles. The van der Waals surface area contributed by atoms with E-state index in [4.69, 9.17) is 0 Å². The quantitative estimate of drug-likeness (QED) is 0.680. The summed E-state index contributed by atoms with van der Waals surface area (Å²) in [6, 6.07) is 0. The second-order valence-corrected chi connectivity index (χ2v) is 5.31.